The summed E-state index contributed by atoms with van der Waals surface area (Å²) in [4.78, 5) is 28.3. The number of piperidine rings is 1. The number of hydrogen-bond donors (Lipinski definition) is 3. The number of aliphatic hydroxyl groups is 1. The minimum absolute atomic E-state index is 0.00220. The predicted molar refractivity (Wildman–Crippen MR) is 176 cm³/mol. The summed E-state index contributed by atoms with van der Waals surface area (Å²) in [6, 6.07) is 15.9. The maximum absolute atomic E-state index is 12.7. The molecule has 1 saturated heterocycles. The molecule has 2 aromatic carbocycles. The number of amides is 1. The zero-order valence-corrected chi connectivity index (χ0v) is 26.4. The Bertz CT molecular complexity index is 1670. The van der Waals surface area contributed by atoms with Crippen LogP contribution >= 0.6 is 0 Å². The first-order chi connectivity index (χ1) is 21.6. The number of nitrogens with one attached hydrogen (secondary N) is 2. The number of benzene rings is 2. The molecule has 0 bridgehead atoms. The van der Waals surface area contributed by atoms with Gasteiger partial charge in [0.15, 0.2) is 0 Å². The van der Waals surface area contributed by atoms with Crippen molar-refractivity contribution < 1.29 is 19.4 Å². The topological polar surface area (TPSA) is 122 Å². The number of aliphatic hydroxyl groups excluding tert-OH is 1. The number of aromatic nitrogens is 3. The lowest BCUT2D eigenvalue weighted by Gasteiger charge is -2.34. The van der Waals surface area contributed by atoms with Crippen LogP contribution in [0.1, 0.15) is 58.4 Å². The molecular formula is C35H42N6O4. The predicted octanol–water partition coefficient (Wildman–Crippen LogP) is 6.93. The summed E-state index contributed by atoms with van der Waals surface area (Å²) in [6.45, 7) is 8.83. The van der Waals surface area contributed by atoms with Crippen LogP contribution in [0, 0.1) is 6.92 Å². The molecular weight excluding hydrogens is 568 g/mol. The van der Waals surface area contributed by atoms with Crippen LogP contribution in [-0.2, 0) is 4.74 Å². The largest absolute Gasteiger partial charge is 0.444 e. The Morgan fingerprint density at radius 3 is 2.62 bits per heavy atom. The summed E-state index contributed by atoms with van der Waals surface area (Å²) in [5, 5.41) is 19.4. The molecule has 6 rings (SSSR count). The Balaban J connectivity index is 1.23. The Morgan fingerprint density at radius 1 is 0.956 bits per heavy atom. The van der Waals surface area contributed by atoms with Gasteiger partial charge >= 0.3 is 6.09 Å². The van der Waals surface area contributed by atoms with E-state index in [0.717, 1.165) is 65.4 Å². The number of likely N-dealkylation sites (tertiary alicyclic amines) is 1. The van der Waals surface area contributed by atoms with Gasteiger partial charge in [-0.1, -0.05) is 24.3 Å². The minimum atomic E-state index is -0.541. The summed E-state index contributed by atoms with van der Waals surface area (Å²) in [6.07, 6.45) is 7.33. The highest BCUT2D eigenvalue weighted by molar-refractivity contribution is 5.98. The molecule has 1 aliphatic heterocycles. The molecule has 1 aliphatic carbocycles. The standard InChI is InChI=1S/C35H42N6O4/c1-22-15-16-24-25(10-5-12-27(24)39-29-13-6-14-30(29)42)31(22)44-32-26(11-7-18-36-32)28-17-19-37-33(40-28)38-23-9-8-20-41(21-23)34(43)45-35(2,3)4/h5,7,10-12,15-19,23,29-30,39,42H,6,8-9,13-14,20-21H2,1-4H3,(H,37,38,40)/t23-,29+,30+/m0/s1. The average Bonchev–Trinajstić information content (AvgIpc) is 3.42. The van der Waals surface area contributed by atoms with Crippen molar-refractivity contribution in [1.82, 2.24) is 19.9 Å². The highest BCUT2D eigenvalue weighted by Crippen LogP contribution is 2.39. The van der Waals surface area contributed by atoms with E-state index in [1.165, 1.54) is 0 Å². The number of nitrogens with zero attached hydrogens (tertiary/aromatic N) is 4. The molecule has 3 N–H and O–H groups in total. The van der Waals surface area contributed by atoms with Crippen molar-refractivity contribution in [1.29, 1.82) is 0 Å². The van der Waals surface area contributed by atoms with Crippen molar-refractivity contribution in [3.63, 3.8) is 0 Å². The van der Waals surface area contributed by atoms with Gasteiger partial charge in [-0.15, -0.1) is 0 Å². The molecule has 2 aromatic heterocycles. The number of pyridine rings is 1. The number of fused-ring (bicyclic) bond motifs is 1. The van der Waals surface area contributed by atoms with Gasteiger partial charge in [-0.2, -0.15) is 0 Å². The summed E-state index contributed by atoms with van der Waals surface area (Å²) in [5.41, 5.74) is 2.83. The van der Waals surface area contributed by atoms with Crippen molar-refractivity contribution in [3.8, 4) is 22.9 Å². The first kappa shape index (κ1) is 30.6. The monoisotopic (exact) mass is 610 g/mol. The number of carbonyl (C=O) groups excluding carboxylic acids is 1. The second kappa shape index (κ2) is 12.9. The van der Waals surface area contributed by atoms with Crippen molar-refractivity contribution in [3.05, 3.63) is 66.5 Å². The molecule has 45 heavy (non-hydrogen) atoms. The Morgan fingerprint density at radius 2 is 1.82 bits per heavy atom. The molecule has 2 aliphatic rings. The Labute approximate surface area is 264 Å². The van der Waals surface area contributed by atoms with E-state index in [1.807, 2.05) is 70.2 Å². The van der Waals surface area contributed by atoms with Crippen LogP contribution in [0.25, 0.3) is 22.0 Å². The molecule has 0 spiro atoms. The van der Waals surface area contributed by atoms with E-state index in [2.05, 4.69) is 26.7 Å². The normalized spacial score (nSPS) is 20.2. The summed E-state index contributed by atoms with van der Waals surface area (Å²) in [7, 11) is 0. The maximum Gasteiger partial charge on any atom is 0.410 e. The van der Waals surface area contributed by atoms with Gasteiger partial charge in [0.25, 0.3) is 0 Å². The van der Waals surface area contributed by atoms with Gasteiger partial charge < -0.3 is 30.1 Å². The van der Waals surface area contributed by atoms with Crippen LogP contribution in [0.4, 0.5) is 16.4 Å². The molecule has 3 atom stereocenters. The maximum atomic E-state index is 12.7. The molecule has 0 radical (unpaired) electrons. The van der Waals surface area contributed by atoms with Gasteiger partial charge in [0.05, 0.1) is 23.4 Å². The molecule has 1 amide bonds. The molecule has 4 aromatic rings. The number of anilines is 2. The zero-order valence-electron chi connectivity index (χ0n) is 26.4. The van der Waals surface area contributed by atoms with Gasteiger partial charge in [-0.25, -0.2) is 19.7 Å². The van der Waals surface area contributed by atoms with Crippen LogP contribution in [0.3, 0.4) is 0 Å². The number of hydrogen-bond acceptors (Lipinski definition) is 9. The van der Waals surface area contributed by atoms with Crippen molar-refractivity contribution in [2.45, 2.75) is 83.6 Å². The van der Waals surface area contributed by atoms with Gasteiger partial charge in [-0.3, -0.25) is 0 Å². The molecule has 10 heteroatoms. The van der Waals surface area contributed by atoms with Gasteiger partial charge in [0, 0.05) is 48.0 Å². The van der Waals surface area contributed by atoms with Crippen molar-refractivity contribution in [2.24, 2.45) is 0 Å². The molecule has 3 heterocycles. The second-order valence-corrected chi connectivity index (χ2v) is 13.0. The fourth-order valence-corrected chi connectivity index (χ4v) is 6.12. The first-order valence-corrected chi connectivity index (χ1v) is 15.8. The van der Waals surface area contributed by atoms with Crippen molar-refractivity contribution in [2.75, 3.05) is 23.7 Å². The van der Waals surface area contributed by atoms with Crippen LogP contribution < -0.4 is 15.4 Å². The number of carbonyl (C=O) groups is 1. The van der Waals surface area contributed by atoms with E-state index in [9.17, 15) is 9.90 Å². The summed E-state index contributed by atoms with van der Waals surface area (Å²) >= 11 is 0. The third kappa shape index (κ3) is 7.12. The summed E-state index contributed by atoms with van der Waals surface area (Å²) in [5.74, 6) is 1.64. The van der Waals surface area contributed by atoms with Crippen LogP contribution in [0.5, 0.6) is 11.6 Å². The smallest absolute Gasteiger partial charge is 0.410 e. The van der Waals surface area contributed by atoms with Gasteiger partial charge in [0.2, 0.25) is 11.8 Å². The average molecular weight is 611 g/mol. The van der Waals surface area contributed by atoms with E-state index in [0.29, 0.717) is 30.6 Å². The van der Waals surface area contributed by atoms with E-state index in [-0.39, 0.29) is 24.3 Å². The van der Waals surface area contributed by atoms with Crippen LogP contribution in [-0.4, -0.2) is 67.9 Å². The van der Waals surface area contributed by atoms with Crippen LogP contribution in [0.15, 0.2) is 60.9 Å². The number of ether oxygens (including phenoxy) is 2. The second-order valence-electron chi connectivity index (χ2n) is 13.0. The highest BCUT2D eigenvalue weighted by atomic mass is 16.6. The molecule has 10 nitrogen and oxygen atoms in total. The summed E-state index contributed by atoms with van der Waals surface area (Å²) < 4.78 is 12.2. The number of rotatable bonds is 7. The Kier molecular flexibility index (Phi) is 8.76. The van der Waals surface area contributed by atoms with Crippen molar-refractivity contribution >= 4 is 28.5 Å². The lowest BCUT2D eigenvalue weighted by atomic mass is 10.0. The van der Waals surface area contributed by atoms with Gasteiger partial charge in [-0.05, 0) is 89.6 Å². The number of aryl methyl sites for hydroxylation is 1. The van der Waals surface area contributed by atoms with E-state index >= 15 is 0 Å². The molecule has 236 valence electrons. The minimum Gasteiger partial charge on any atom is -0.444 e. The quantitative estimate of drug-likeness (QED) is 0.204. The van der Waals surface area contributed by atoms with Crippen LogP contribution in [0.2, 0.25) is 0 Å². The van der Waals surface area contributed by atoms with E-state index in [1.54, 1.807) is 17.3 Å². The zero-order chi connectivity index (χ0) is 31.6. The van der Waals surface area contributed by atoms with E-state index in [4.69, 9.17) is 14.5 Å². The molecule has 1 saturated carbocycles. The fourth-order valence-electron chi connectivity index (χ4n) is 6.12. The lowest BCUT2D eigenvalue weighted by molar-refractivity contribution is 0.0206. The fraction of sp³-hybridized carbons (Fsp3) is 0.429. The SMILES string of the molecule is Cc1ccc2c(N[C@@H]3CCC[C@H]3O)cccc2c1Oc1ncccc1-c1ccnc(N[C@H]2CCCN(C(=O)OC(C)(C)C)C2)n1. The van der Waals surface area contributed by atoms with E-state index < -0.39 is 5.60 Å². The highest BCUT2D eigenvalue weighted by Gasteiger charge is 2.28. The lowest BCUT2D eigenvalue weighted by Crippen LogP contribution is -2.47. The third-order valence-electron chi connectivity index (χ3n) is 8.34. The third-order valence-corrected chi connectivity index (χ3v) is 8.34. The first-order valence-electron chi connectivity index (χ1n) is 15.8. The van der Waals surface area contributed by atoms with Gasteiger partial charge in [0.1, 0.15) is 11.4 Å². The molecule has 0 unspecified atom stereocenters. The molecule has 2 fully saturated rings. The Hall–Kier alpha value is -4.44.